The molecule has 0 bridgehead atoms. The third-order valence-corrected chi connectivity index (χ3v) is 3.63. The van der Waals surface area contributed by atoms with E-state index in [-0.39, 0.29) is 17.9 Å². The molecule has 1 atom stereocenters. The molecule has 1 fully saturated rings. The number of hydrogen-bond acceptors (Lipinski definition) is 3. The molecule has 2 rings (SSSR count). The van der Waals surface area contributed by atoms with Gasteiger partial charge in [-0.05, 0) is 31.9 Å². The van der Waals surface area contributed by atoms with Gasteiger partial charge in [0.05, 0.1) is 5.02 Å². The predicted molar refractivity (Wildman–Crippen MR) is 76.6 cm³/mol. The summed E-state index contributed by atoms with van der Waals surface area (Å²) in [5.74, 6) is -0.0828. The maximum atomic E-state index is 11.9. The van der Waals surface area contributed by atoms with Crippen LogP contribution >= 0.6 is 11.6 Å². The highest BCUT2D eigenvalue weighted by atomic mass is 35.5. The Hall–Kier alpha value is -1.62. The van der Waals surface area contributed by atoms with E-state index in [0.29, 0.717) is 23.7 Å². The second-order valence-electron chi connectivity index (χ2n) is 4.96. The van der Waals surface area contributed by atoms with Crippen LogP contribution < -0.4 is 5.32 Å². The molecule has 20 heavy (non-hydrogen) atoms. The van der Waals surface area contributed by atoms with Gasteiger partial charge in [0.2, 0.25) is 5.91 Å². The van der Waals surface area contributed by atoms with Gasteiger partial charge < -0.3 is 10.2 Å². The number of amides is 2. The number of nitrogens with one attached hydrogen (secondary N) is 1. The average molecular weight is 296 g/mol. The van der Waals surface area contributed by atoms with Gasteiger partial charge in [0, 0.05) is 31.7 Å². The van der Waals surface area contributed by atoms with Crippen LogP contribution in [-0.2, 0) is 4.79 Å². The molecule has 0 radical (unpaired) electrons. The lowest BCUT2D eigenvalue weighted by Gasteiger charge is -2.32. The minimum Gasteiger partial charge on any atom is -0.349 e. The van der Waals surface area contributed by atoms with Gasteiger partial charge in [0.15, 0.2) is 0 Å². The first-order valence-electron chi connectivity index (χ1n) is 6.77. The number of hydrogen-bond donors (Lipinski definition) is 1. The summed E-state index contributed by atoms with van der Waals surface area (Å²) in [5, 5.41) is 3.29. The number of carbonyl (C=O) groups is 2. The van der Waals surface area contributed by atoms with Gasteiger partial charge in [0.1, 0.15) is 5.69 Å². The van der Waals surface area contributed by atoms with E-state index in [1.54, 1.807) is 12.1 Å². The van der Waals surface area contributed by atoms with Crippen molar-refractivity contribution in [3.63, 3.8) is 0 Å². The molecule has 1 N–H and O–H groups in total. The molecular weight excluding hydrogens is 278 g/mol. The minimum absolute atomic E-state index is 0.000879. The molecule has 1 aromatic rings. The molecule has 1 saturated heterocycles. The van der Waals surface area contributed by atoms with Crippen LogP contribution in [0.1, 0.15) is 36.7 Å². The molecule has 0 spiro atoms. The first-order valence-corrected chi connectivity index (χ1v) is 7.15. The largest absolute Gasteiger partial charge is 0.349 e. The van der Waals surface area contributed by atoms with Crippen molar-refractivity contribution in [2.75, 3.05) is 13.1 Å². The molecule has 1 aromatic heterocycles. The third kappa shape index (κ3) is 3.70. The minimum atomic E-state index is -0.252. The van der Waals surface area contributed by atoms with Crippen LogP contribution in [0.5, 0.6) is 0 Å². The van der Waals surface area contributed by atoms with Gasteiger partial charge >= 0.3 is 0 Å². The number of carbonyl (C=O) groups excluding carboxylic acids is 2. The van der Waals surface area contributed by atoms with Crippen molar-refractivity contribution in [3.05, 3.63) is 29.0 Å². The highest BCUT2D eigenvalue weighted by molar-refractivity contribution is 6.30. The summed E-state index contributed by atoms with van der Waals surface area (Å²) in [6.07, 6.45) is 4.04. The van der Waals surface area contributed by atoms with Gasteiger partial charge in [-0.3, -0.25) is 9.59 Å². The summed E-state index contributed by atoms with van der Waals surface area (Å²) in [4.78, 5) is 29.5. The van der Waals surface area contributed by atoms with Gasteiger partial charge in [0.25, 0.3) is 5.91 Å². The summed E-state index contributed by atoms with van der Waals surface area (Å²) < 4.78 is 0. The molecule has 6 heteroatoms. The Morgan fingerprint density at radius 1 is 1.50 bits per heavy atom. The molecular formula is C14H18ClN3O2. The lowest BCUT2D eigenvalue weighted by molar-refractivity contribution is -0.135. The molecule has 5 nitrogen and oxygen atoms in total. The predicted octanol–water partition coefficient (Wildman–Crippen LogP) is 1.87. The number of rotatable bonds is 4. The van der Waals surface area contributed by atoms with E-state index in [1.165, 1.54) is 6.20 Å². The summed E-state index contributed by atoms with van der Waals surface area (Å²) in [7, 11) is 0. The molecule has 1 unspecified atom stereocenters. The van der Waals surface area contributed by atoms with E-state index in [1.807, 2.05) is 11.8 Å². The normalized spacial score (nSPS) is 16.9. The average Bonchev–Trinajstić information content (AvgIpc) is 2.45. The van der Waals surface area contributed by atoms with Crippen molar-refractivity contribution in [2.45, 2.75) is 32.2 Å². The van der Waals surface area contributed by atoms with Crippen molar-refractivity contribution < 1.29 is 9.59 Å². The molecule has 2 amide bonds. The third-order valence-electron chi connectivity index (χ3n) is 3.41. The Kier molecular flexibility index (Phi) is 4.95. The summed E-state index contributed by atoms with van der Waals surface area (Å²) >= 11 is 5.72. The van der Waals surface area contributed by atoms with E-state index in [2.05, 4.69) is 10.3 Å². The van der Waals surface area contributed by atoms with Gasteiger partial charge in [-0.15, -0.1) is 0 Å². The van der Waals surface area contributed by atoms with E-state index < -0.39 is 0 Å². The lowest BCUT2D eigenvalue weighted by Crippen LogP contribution is -2.47. The second-order valence-corrected chi connectivity index (χ2v) is 5.40. The molecule has 2 heterocycles. The Morgan fingerprint density at radius 2 is 2.30 bits per heavy atom. The molecule has 108 valence electrons. The van der Waals surface area contributed by atoms with Crippen LogP contribution in [0.25, 0.3) is 0 Å². The quantitative estimate of drug-likeness (QED) is 0.922. The monoisotopic (exact) mass is 295 g/mol. The van der Waals surface area contributed by atoms with Gasteiger partial charge in [-0.2, -0.15) is 0 Å². The smallest absolute Gasteiger partial charge is 0.269 e. The number of aromatic nitrogens is 1. The van der Waals surface area contributed by atoms with Crippen LogP contribution in [-0.4, -0.2) is 40.8 Å². The molecule has 0 saturated carbocycles. The summed E-state index contributed by atoms with van der Waals surface area (Å²) in [6.45, 7) is 3.14. The first kappa shape index (κ1) is 14.8. The Morgan fingerprint density at radius 3 is 2.95 bits per heavy atom. The van der Waals surface area contributed by atoms with E-state index in [0.717, 1.165) is 19.4 Å². The van der Waals surface area contributed by atoms with Crippen molar-refractivity contribution in [1.82, 2.24) is 15.2 Å². The maximum Gasteiger partial charge on any atom is 0.269 e. The molecule has 0 aromatic carbocycles. The van der Waals surface area contributed by atoms with Crippen molar-refractivity contribution in [1.29, 1.82) is 0 Å². The summed E-state index contributed by atoms with van der Waals surface area (Å²) in [6, 6.07) is 3.20. The van der Waals surface area contributed by atoms with E-state index in [9.17, 15) is 9.59 Å². The number of halogens is 1. The standard InChI is InChI=1S/C14H18ClN3O2/c1-10(18-7-3-2-4-13(18)19)8-17-14(20)12-6-5-11(15)9-16-12/h5-6,9-10H,2-4,7-8H2,1H3,(H,17,20). The van der Waals surface area contributed by atoms with Crippen molar-refractivity contribution in [3.8, 4) is 0 Å². The Balaban J connectivity index is 1.86. The Labute approximate surface area is 123 Å². The van der Waals surface area contributed by atoms with Crippen molar-refractivity contribution >= 4 is 23.4 Å². The van der Waals surface area contributed by atoms with Crippen LogP contribution in [0.4, 0.5) is 0 Å². The fourth-order valence-corrected chi connectivity index (χ4v) is 2.36. The fourth-order valence-electron chi connectivity index (χ4n) is 2.24. The zero-order valence-electron chi connectivity index (χ0n) is 11.4. The highest BCUT2D eigenvalue weighted by Crippen LogP contribution is 2.13. The lowest BCUT2D eigenvalue weighted by atomic mass is 10.1. The topological polar surface area (TPSA) is 62.3 Å². The van der Waals surface area contributed by atoms with Crippen LogP contribution in [0, 0.1) is 0 Å². The number of piperidine rings is 1. The SMILES string of the molecule is CC(CNC(=O)c1ccc(Cl)cn1)N1CCCCC1=O. The molecule has 0 aliphatic carbocycles. The van der Waals surface area contributed by atoms with Crippen molar-refractivity contribution in [2.24, 2.45) is 0 Å². The number of nitrogens with zero attached hydrogens (tertiary/aromatic N) is 2. The second kappa shape index (κ2) is 6.70. The van der Waals surface area contributed by atoms with E-state index >= 15 is 0 Å². The molecule has 1 aliphatic heterocycles. The zero-order valence-corrected chi connectivity index (χ0v) is 12.2. The number of pyridine rings is 1. The first-order chi connectivity index (χ1) is 9.58. The van der Waals surface area contributed by atoms with Gasteiger partial charge in [-0.25, -0.2) is 4.98 Å². The van der Waals surface area contributed by atoms with Crippen LogP contribution in [0.2, 0.25) is 5.02 Å². The van der Waals surface area contributed by atoms with Gasteiger partial charge in [-0.1, -0.05) is 11.6 Å². The maximum absolute atomic E-state index is 11.9. The van der Waals surface area contributed by atoms with E-state index in [4.69, 9.17) is 11.6 Å². The zero-order chi connectivity index (χ0) is 14.5. The summed E-state index contributed by atoms with van der Waals surface area (Å²) in [5.41, 5.74) is 0.326. The fraction of sp³-hybridized carbons (Fsp3) is 0.500. The number of likely N-dealkylation sites (tertiary alicyclic amines) is 1. The highest BCUT2D eigenvalue weighted by Gasteiger charge is 2.23. The van der Waals surface area contributed by atoms with Crippen LogP contribution in [0.15, 0.2) is 18.3 Å². The Bertz CT molecular complexity index is 490. The molecule has 1 aliphatic rings. The van der Waals surface area contributed by atoms with Crippen LogP contribution in [0.3, 0.4) is 0 Å².